The molecule has 0 aliphatic rings. The van der Waals surface area contributed by atoms with E-state index in [2.05, 4.69) is 20.9 Å². The second-order valence-electron chi connectivity index (χ2n) is 1.76. The zero-order valence-corrected chi connectivity index (χ0v) is 7.35. The second-order valence-corrected chi connectivity index (χ2v) is 3.00. The Morgan fingerprint density at radius 3 is 2.90 bits per heavy atom. The van der Waals surface area contributed by atoms with Crippen molar-refractivity contribution in [3.63, 3.8) is 0 Å². The Kier molecular flexibility index (Phi) is 2.65. The normalized spacial score (nSPS) is 9.90. The summed E-state index contributed by atoms with van der Waals surface area (Å²) >= 11 is 8.77. The molecule has 1 N–H and O–H groups in total. The number of pyridine rings is 1. The molecule has 0 spiro atoms. The summed E-state index contributed by atoms with van der Waals surface area (Å²) in [6.07, 6.45) is 1.53. The van der Waals surface area contributed by atoms with Crippen LogP contribution in [-0.4, -0.2) is 10.1 Å². The number of hydrogen-bond donors (Lipinski definition) is 1. The standard InChI is InChI=1S/C6H5BrClNO/c7-5-1-6(8)9-2-4(5)3-10/h1-2,10H,3H2. The van der Waals surface area contributed by atoms with E-state index in [-0.39, 0.29) is 6.61 Å². The first-order valence-electron chi connectivity index (χ1n) is 2.65. The third kappa shape index (κ3) is 1.68. The summed E-state index contributed by atoms with van der Waals surface area (Å²) in [7, 11) is 0. The van der Waals surface area contributed by atoms with Gasteiger partial charge < -0.3 is 5.11 Å². The summed E-state index contributed by atoms with van der Waals surface area (Å²) in [4.78, 5) is 3.79. The monoisotopic (exact) mass is 221 g/mol. The fourth-order valence-electron chi connectivity index (χ4n) is 0.552. The molecule has 1 heterocycles. The van der Waals surface area contributed by atoms with Gasteiger partial charge in [-0.2, -0.15) is 0 Å². The number of aliphatic hydroxyl groups excluding tert-OH is 1. The largest absolute Gasteiger partial charge is 0.392 e. The van der Waals surface area contributed by atoms with Crippen LogP contribution in [0, 0.1) is 0 Å². The molecule has 54 valence electrons. The van der Waals surface area contributed by atoms with Crippen molar-refractivity contribution in [3.8, 4) is 0 Å². The second kappa shape index (κ2) is 3.32. The van der Waals surface area contributed by atoms with E-state index in [0.717, 1.165) is 10.0 Å². The van der Waals surface area contributed by atoms with Gasteiger partial charge in [0.05, 0.1) is 6.61 Å². The lowest BCUT2D eigenvalue weighted by molar-refractivity contribution is 0.280. The Bertz CT molecular complexity index is 241. The zero-order chi connectivity index (χ0) is 7.56. The molecule has 10 heavy (non-hydrogen) atoms. The number of hydrogen-bond acceptors (Lipinski definition) is 2. The molecule has 0 aliphatic carbocycles. The zero-order valence-electron chi connectivity index (χ0n) is 5.01. The molecule has 0 aliphatic heterocycles. The topological polar surface area (TPSA) is 33.1 Å². The van der Waals surface area contributed by atoms with Crippen LogP contribution in [0.25, 0.3) is 0 Å². The minimum absolute atomic E-state index is 0.0231. The van der Waals surface area contributed by atoms with E-state index in [1.54, 1.807) is 6.07 Å². The van der Waals surface area contributed by atoms with Crippen LogP contribution >= 0.6 is 27.5 Å². The number of halogens is 2. The molecule has 0 amide bonds. The third-order valence-electron chi connectivity index (χ3n) is 1.07. The molecule has 0 saturated carbocycles. The van der Waals surface area contributed by atoms with Gasteiger partial charge in [0.25, 0.3) is 0 Å². The summed E-state index contributed by atoms with van der Waals surface area (Å²) in [6.45, 7) is -0.0231. The lowest BCUT2D eigenvalue weighted by Crippen LogP contribution is -1.86. The first-order valence-corrected chi connectivity index (χ1v) is 3.82. The van der Waals surface area contributed by atoms with Crippen LogP contribution in [0.4, 0.5) is 0 Å². The van der Waals surface area contributed by atoms with Crippen LogP contribution in [0.15, 0.2) is 16.7 Å². The highest BCUT2D eigenvalue weighted by Gasteiger charge is 1.98. The van der Waals surface area contributed by atoms with Crippen LogP contribution in [-0.2, 0) is 6.61 Å². The van der Waals surface area contributed by atoms with E-state index in [9.17, 15) is 0 Å². The van der Waals surface area contributed by atoms with Gasteiger partial charge in [0.1, 0.15) is 5.15 Å². The predicted molar refractivity (Wildman–Crippen MR) is 42.9 cm³/mol. The Morgan fingerprint density at radius 1 is 1.70 bits per heavy atom. The summed E-state index contributed by atoms with van der Waals surface area (Å²) in [5.74, 6) is 0. The molecule has 1 aromatic rings. The van der Waals surface area contributed by atoms with Gasteiger partial charge in [0.2, 0.25) is 0 Å². The molecule has 0 atom stereocenters. The molecule has 1 rings (SSSR count). The molecular formula is C6H5BrClNO. The van der Waals surface area contributed by atoms with Gasteiger partial charge in [0.15, 0.2) is 0 Å². The van der Waals surface area contributed by atoms with Crippen molar-refractivity contribution in [2.24, 2.45) is 0 Å². The van der Waals surface area contributed by atoms with E-state index in [1.165, 1.54) is 6.20 Å². The average molecular weight is 222 g/mol. The summed E-state index contributed by atoms with van der Waals surface area (Å²) in [5, 5.41) is 9.12. The predicted octanol–water partition coefficient (Wildman–Crippen LogP) is 1.99. The molecule has 4 heteroatoms. The molecule has 0 fully saturated rings. The summed E-state index contributed by atoms with van der Waals surface area (Å²) in [5.41, 5.74) is 0.740. The fourth-order valence-corrected chi connectivity index (χ4v) is 1.29. The first kappa shape index (κ1) is 7.98. The summed E-state index contributed by atoms with van der Waals surface area (Å²) in [6, 6.07) is 1.65. The van der Waals surface area contributed by atoms with Crippen molar-refractivity contribution in [2.75, 3.05) is 0 Å². The van der Waals surface area contributed by atoms with E-state index >= 15 is 0 Å². The van der Waals surface area contributed by atoms with Crippen molar-refractivity contribution in [1.82, 2.24) is 4.98 Å². The SMILES string of the molecule is OCc1cnc(Cl)cc1Br. The lowest BCUT2D eigenvalue weighted by atomic mass is 10.3. The van der Waals surface area contributed by atoms with E-state index in [1.807, 2.05) is 0 Å². The fraction of sp³-hybridized carbons (Fsp3) is 0.167. The Balaban J connectivity index is 3.07. The van der Waals surface area contributed by atoms with Gasteiger partial charge >= 0.3 is 0 Å². The average Bonchev–Trinajstić information content (AvgIpc) is 1.88. The van der Waals surface area contributed by atoms with E-state index in [4.69, 9.17) is 16.7 Å². The Labute approximate surface area is 72.0 Å². The van der Waals surface area contributed by atoms with E-state index in [0.29, 0.717) is 5.15 Å². The van der Waals surface area contributed by atoms with Gasteiger partial charge in [-0.1, -0.05) is 27.5 Å². The number of aromatic nitrogens is 1. The molecule has 0 saturated heterocycles. The number of aliphatic hydroxyl groups is 1. The van der Waals surface area contributed by atoms with Gasteiger partial charge in [0, 0.05) is 16.2 Å². The van der Waals surface area contributed by atoms with Gasteiger partial charge in [-0.05, 0) is 6.07 Å². The molecule has 1 aromatic heterocycles. The molecule has 2 nitrogen and oxygen atoms in total. The molecule has 0 aromatic carbocycles. The van der Waals surface area contributed by atoms with Crippen molar-refractivity contribution >= 4 is 27.5 Å². The Morgan fingerprint density at radius 2 is 2.40 bits per heavy atom. The molecule has 0 radical (unpaired) electrons. The lowest BCUT2D eigenvalue weighted by Gasteiger charge is -1.97. The van der Waals surface area contributed by atoms with Crippen molar-refractivity contribution in [3.05, 3.63) is 27.5 Å². The van der Waals surface area contributed by atoms with E-state index < -0.39 is 0 Å². The van der Waals surface area contributed by atoms with Crippen molar-refractivity contribution in [2.45, 2.75) is 6.61 Å². The highest BCUT2D eigenvalue weighted by molar-refractivity contribution is 9.10. The highest BCUT2D eigenvalue weighted by atomic mass is 79.9. The minimum Gasteiger partial charge on any atom is -0.392 e. The first-order chi connectivity index (χ1) is 4.74. The van der Waals surface area contributed by atoms with Crippen molar-refractivity contribution < 1.29 is 5.11 Å². The smallest absolute Gasteiger partial charge is 0.130 e. The maximum atomic E-state index is 8.70. The van der Waals surface area contributed by atoms with Crippen LogP contribution in [0.5, 0.6) is 0 Å². The van der Waals surface area contributed by atoms with Crippen LogP contribution in [0.1, 0.15) is 5.56 Å². The molecular weight excluding hydrogens is 217 g/mol. The number of nitrogens with zero attached hydrogens (tertiary/aromatic N) is 1. The maximum Gasteiger partial charge on any atom is 0.130 e. The van der Waals surface area contributed by atoms with Gasteiger partial charge in [-0.3, -0.25) is 0 Å². The third-order valence-corrected chi connectivity index (χ3v) is 2.01. The van der Waals surface area contributed by atoms with Gasteiger partial charge in [-0.25, -0.2) is 4.98 Å². The van der Waals surface area contributed by atoms with Crippen LogP contribution in [0.2, 0.25) is 5.15 Å². The Hall–Kier alpha value is -0.120. The number of rotatable bonds is 1. The minimum atomic E-state index is -0.0231. The van der Waals surface area contributed by atoms with Crippen LogP contribution in [0.3, 0.4) is 0 Å². The van der Waals surface area contributed by atoms with Crippen LogP contribution < -0.4 is 0 Å². The molecule has 0 bridgehead atoms. The quantitative estimate of drug-likeness (QED) is 0.737. The molecule has 0 unspecified atom stereocenters. The maximum absolute atomic E-state index is 8.70. The van der Waals surface area contributed by atoms with Gasteiger partial charge in [-0.15, -0.1) is 0 Å². The van der Waals surface area contributed by atoms with Crippen molar-refractivity contribution in [1.29, 1.82) is 0 Å². The highest BCUT2D eigenvalue weighted by Crippen LogP contribution is 2.18. The summed E-state index contributed by atoms with van der Waals surface area (Å²) < 4.78 is 0.787.